The van der Waals surface area contributed by atoms with Crippen molar-refractivity contribution >= 4 is 29.9 Å². The zero-order chi connectivity index (χ0) is 35.6. The molecule has 12 nitrogen and oxygen atoms in total. The number of imidazole rings is 1. The van der Waals surface area contributed by atoms with Crippen molar-refractivity contribution in [2.24, 2.45) is 11.3 Å². The van der Waals surface area contributed by atoms with Gasteiger partial charge in [-0.3, -0.25) is 14.4 Å². The number of hydrogen-bond acceptors (Lipinski definition) is 8. The quantitative estimate of drug-likeness (QED) is 0.349. The zero-order valence-electron chi connectivity index (χ0n) is 28.1. The molecular formula is C33H43F3N4O8. The maximum Gasteiger partial charge on any atom is 0.417 e. The molecule has 1 aromatic carbocycles. The van der Waals surface area contributed by atoms with Gasteiger partial charge in [0.25, 0.3) is 0 Å². The highest BCUT2D eigenvalue weighted by atomic mass is 19.4. The van der Waals surface area contributed by atoms with Crippen molar-refractivity contribution in [3.8, 4) is 5.75 Å². The van der Waals surface area contributed by atoms with Crippen LogP contribution in [0.5, 0.6) is 5.75 Å². The van der Waals surface area contributed by atoms with E-state index >= 15 is 0 Å². The van der Waals surface area contributed by atoms with Crippen molar-refractivity contribution in [2.45, 2.75) is 91.6 Å². The molecule has 0 bridgehead atoms. The fourth-order valence-corrected chi connectivity index (χ4v) is 5.59. The largest absolute Gasteiger partial charge is 0.493 e. The number of rotatable bonds is 9. The minimum atomic E-state index is -4.81. The Hall–Kier alpha value is -4.30. The number of halogens is 3. The maximum absolute atomic E-state index is 13.8. The van der Waals surface area contributed by atoms with E-state index in [0.29, 0.717) is 41.6 Å². The van der Waals surface area contributed by atoms with Gasteiger partial charge >= 0.3 is 24.2 Å². The van der Waals surface area contributed by atoms with Crippen LogP contribution in [0.4, 0.5) is 23.9 Å². The van der Waals surface area contributed by atoms with Crippen molar-refractivity contribution in [1.29, 1.82) is 0 Å². The molecule has 0 radical (unpaired) electrons. The molecule has 3 heterocycles. The molecule has 2 aromatic rings. The molecule has 2 atom stereocenters. The number of hydrogen-bond donors (Lipinski definition) is 1. The lowest BCUT2D eigenvalue weighted by Gasteiger charge is -2.33. The Bertz CT molecular complexity index is 1530. The molecule has 1 unspecified atom stereocenters. The van der Waals surface area contributed by atoms with Gasteiger partial charge < -0.3 is 28.8 Å². The van der Waals surface area contributed by atoms with E-state index in [1.54, 1.807) is 53.7 Å². The first-order valence-corrected chi connectivity index (χ1v) is 15.8. The molecule has 0 saturated carbocycles. The lowest BCUT2D eigenvalue weighted by molar-refractivity contribution is -0.174. The van der Waals surface area contributed by atoms with Crippen LogP contribution >= 0.6 is 0 Å². The maximum atomic E-state index is 13.8. The predicted molar refractivity (Wildman–Crippen MR) is 166 cm³/mol. The second-order valence-corrected chi connectivity index (χ2v) is 14.1. The highest BCUT2D eigenvalue weighted by Crippen LogP contribution is 2.38. The van der Waals surface area contributed by atoms with Gasteiger partial charge in [0, 0.05) is 25.7 Å². The number of aryl methyl sites for hydroxylation is 1. The number of fused-ring (bicyclic) bond motifs is 2. The Morgan fingerprint density at radius 3 is 2.40 bits per heavy atom. The number of alkyl halides is 3. The van der Waals surface area contributed by atoms with Crippen molar-refractivity contribution in [2.75, 3.05) is 31.2 Å². The van der Waals surface area contributed by atoms with Crippen LogP contribution in [0.1, 0.15) is 77.2 Å². The molecule has 0 fully saturated rings. The van der Waals surface area contributed by atoms with Crippen LogP contribution < -0.4 is 9.64 Å². The summed E-state index contributed by atoms with van der Waals surface area (Å²) in [7, 11) is 0. The summed E-state index contributed by atoms with van der Waals surface area (Å²) in [6.45, 7) is 9.17. The molecular weight excluding hydrogens is 637 g/mol. The summed E-state index contributed by atoms with van der Waals surface area (Å²) < 4.78 is 60.3. The number of ether oxygens (including phenoxy) is 3. The molecule has 2 amide bonds. The number of nitrogens with zero attached hydrogens (tertiary/aromatic N) is 4. The average Bonchev–Trinajstić information content (AvgIpc) is 3.33. The number of esters is 1. The minimum absolute atomic E-state index is 0.118. The van der Waals surface area contributed by atoms with Gasteiger partial charge in [0.15, 0.2) is 0 Å². The van der Waals surface area contributed by atoms with Gasteiger partial charge in [-0.05, 0) is 77.6 Å². The second-order valence-electron chi connectivity index (χ2n) is 14.1. The van der Waals surface area contributed by atoms with Crippen LogP contribution in [0, 0.1) is 11.3 Å². The van der Waals surface area contributed by atoms with Gasteiger partial charge in [-0.1, -0.05) is 6.07 Å². The van der Waals surface area contributed by atoms with E-state index < -0.39 is 72.7 Å². The van der Waals surface area contributed by atoms with Crippen LogP contribution in [0.25, 0.3) is 0 Å². The van der Waals surface area contributed by atoms with E-state index in [2.05, 4.69) is 4.98 Å². The van der Waals surface area contributed by atoms with Crippen molar-refractivity contribution in [3.63, 3.8) is 0 Å². The van der Waals surface area contributed by atoms with Gasteiger partial charge in [-0.2, -0.15) is 13.2 Å². The van der Waals surface area contributed by atoms with Crippen LogP contribution in [0.15, 0.2) is 24.4 Å². The van der Waals surface area contributed by atoms with Gasteiger partial charge in [0.05, 0.1) is 36.1 Å². The monoisotopic (exact) mass is 680 g/mol. The van der Waals surface area contributed by atoms with Crippen LogP contribution in [-0.4, -0.2) is 81.6 Å². The Morgan fingerprint density at radius 1 is 1.06 bits per heavy atom. The Labute approximate surface area is 277 Å². The second kappa shape index (κ2) is 14.0. The zero-order valence-corrected chi connectivity index (χ0v) is 28.1. The summed E-state index contributed by atoms with van der Waals surface area (Å²) in [5.74, 6) is -3.49. The summed E-state index contributed by atoms with van der Waals surface area (Å²) in [6.07, 6.45) is -3.20. The standard InChI is InChI=1S/C33H43F3N4O8/c1-31(2,3)28(44)47-18-25-24-16-23(9-8-20(24)14-21(15-26(41)42)27(43)40(25)19-33(34,35)36)46-13-10-22-17-38-11-7-12-39(29(38)37-22)30(45)48-32(4,5)6/h8-9,16-17,21,25H,7,10-15,18-19H2,1-6H3,(H,41,42)/t21-,25?/m0/s1. The number of amides is 2. The molecule has 48 heavy (non-hydrogen) atoms. The summed E-state index contributed by atoms with van der Waals surface area (Å²) in [6, 6.07) is 3.35. The topological polar surface area (TPSA) is 140 Å². The van der Waals surface area contributed by atoms with E-state index in [1.807, 2.05) is 10.8 Å². The van der Waals surface area contributed by atoms with Gasteiger partial charge in [-0.25, -0.2) is 14.7 Å². The SMILES string of the molecule is CC(C)(C)OC(=O)N1CCCn2cc(CCOc3ccc4c(c3)C(COC(=O)C(C)(C)C)N(CC(F)(F)F)C(=O)[C@H](CC(=O)O)C4)nc21. The van der Waals surface area contributed by atoms with Gasteiger partial charge in [0.2, 0.25) is 11.9 Å². The Morgan fingerprint density at radius 2 is 1.77 bits per heavy atom. The first-order valence-electron chi connectivity index (χ1n) is 15.8. The van der Waals surface area contributed by atoms with E-state index in [9.17, 15) is 37.5 Å². The van der Waals surface area contributed by atoms with E-state index in [0.717, 1.165) is 6.42 Å². The van der Waals surface area contributed by atoms with E-state index in [-0.39, 0.29) is 24.3 Å². The number of aromatic nitrogens is 2. The highest BCUT2D eigenvalue weighted by molar-refractivity contribution is 5.86. The molecule has 2 aliphatic rings. The number of benzene rings is 1. The lowest BCUT2D eigenvalue weighted by Crippen LogP contribution is -2.45. The smallest absolute Gasteiger partial charge is 0.417 e. The van der Waals surface area contributed by atoms with Crippen LogP contribution in [0.3, 0.4) is 0 Å². The molecule has 1 N–H and O–H groups in total. The number of carboxylic acid groups (broad SMARTS) is 1. The molecule has 2 aliphatic heterocycles. The van der Waals surface area contributed by atoms with Gasteiger partial charge in [-0.15, -0.1) is 0 Å². The van der Waals surface area contributed by atoms with Gasteiger partial charge in [0.1, 0.15) is 24.5 Å². The summed E-state index contributed by atoms with van der Waals surface area (Å²) in [5.41, 5.74) is -0.254. The fourth-order valence-electron chi connectivity index (χ4n) is 5.59. The summed E-state index contributed by atoms with van der Waals surface area (Å²) in [4.78, 5) is 57.1. The lowest BCUT2D eigenvalue weighted by atomic mass is 9.93. The number of carbonyl (C=O) groups is 4. The Balaban J connectivity index is 1.58. The number of carbonyl (C=O) groups excluding carboxylic acids is 3. The van der Waals surface area contributed by atoms with Crippen molar-refractivity contribution in [3.05, 3.63) is 41.2 Å². The molecule has 0 aliphatic carbocycles. The normalized spacial score (nSPS) is 18.5. The summed E-state index contributed by atoms with van der Waals surface area (Å²) in [5, 5.41) is 9.43. The fraction of sp³-hybridized carbons (Fsp3) is 0.606. The third-order valence-electron chi connectivity index (χ3n) is 7.77. The Kier molecular flexibility index (Phi) is 10.7. The third kappa shape index (κ3) is 9.41. The molecule has 0 saturated heterocycles. The van der Waals surface area contributed by atoms with E-state index in [1.165, 1.54) is 11.0 Å². The third-order valence-corrected chi connectivity index (χ3v) is 7.77. The number of anilines is 1. The van der Waals surface area contributed by atoms with Crippen molar-refractivity contribution in [1.82, 2.24) is 14.5 Å². The molecule has 4 rings (SSSR count). The first-order chi connectivity index (χ1) is 22.2. The first kappa shape index (κ1) is 36.5. The number of carboxylic acids is 1. The minimum Gasteiger partial charge on any atom is -0.493 e. The number of aliphatic carboxylic acids is 1. The van der Waals surface area contributed by atoms with E-state index in [4.69, 9.17) is 14.2 Å². The van der Waals surface area contributed by atoms with Crippen LogP contribution in [-0.2, 0) is 43.2 Å². The summed E-state index contributed by atoms with van der Waals surface area (Å²) >= 11 is 0. The molecule has 1 aromatic heterocycles. The average molecular weight is 681 g/mol. The molecule has 264 valence electrons. The highest BCUT2D eigenvalue weighted by Gasteiger charge is 2.43. The van der Waals surface area contributed by atoms with Crippen LogP contribution in [0.2, 0.25) is 0 Å². The molecule has 15 heteroatoms. The van der Waals surface area contributed by atoms with Crippen molar-refractivity contribution < 1.29 is 51.7 Å². The molecule has 0 spiro atoms. The predicted octanol–water partition coefficient (Wildman–Crippen LogP) is 5.32.